The first-order valence-electron chi connectivity index (χ1n) is 9.71. The normalized spacial score (nSPS) is 10.8. The Balaban J connectivity index is 1.59. The van der Waals surface area contributed by atoms with Crippen molar-refractivity contribution in [2.45, 2.75) is 46.1 Å². The number of carbonyl (C=O) groups is 1. The number of fused-ring (bicyclic) bond motifs is 1. The Morgan fingerprint density at radius 2 is 1.82 bits per heavy atom. The minimum atomic E-state index is -0.549. The van der Waals surface area contributed by atoms with E-state index in [9.17, 15) is 9.59 Å². The van der Waals surface area contributed by atoms with Crippen LogP contribution in [0.1, 0.15) is 43.0 Å². The average molecular weight is 378 g/mol. The van der Waals surface area contributed by atoms with Crippen molar-refractivity contribution in [1.82, 2.24) is 4.98 Å². The lowest BCUT2D eigenvalue weighted by atomic mass is 10.1. The molecule has 5 nitrogen and oxygen atoms in total. The molecule has 1 heterocycles. The van der Waals surface area contributed by atoms with Crippen molar-refractivity contribution in [3.63, 3.8) is 0 Å². The van der Waals surface area contributed by atoms with Crippen LogP contribution in [-0.2, 0) is 17.8 Å². The lowest BCUT2D eigenvalue weighted by molar-refractivity contribution is 0.153. The molecule has 1 amide bonds. The first-order chi connectivity index (χ1) is 13.6. The number of anilines is 1. The number of carbonyl (C=O) groups excluding carboxylic acids is 1. The van der Waals surface area contributed by atoms with Gasteiger partial charge in [0.2, 0.25) is 0 Å². The minimum Gasteiger partial charge on any atom is -0.443 e. The van der Waals surface area contributed by atoms with Crippen LogP contribution in [0.5, 0.6) is 0 Å². The molecule has 0 atom stereocenters. The van der Waals surface area contributed by atoms with Crippen molar-refractivity contribution in [1.29, 1.82) is 0 Å². The molecule has 0 aliphatic carbocycles. The summed E-state index contributed by atoms with van der Waals surface area (Å²) in [5.74, 6) is 0. The van der Waals surface area contributed by atoms with Gasteiger partial charge in [0.1, 0.15) is 6.61 Å². The molecule has 0 radical (unpaired) electrons. The summed E-state index contributed by atoms with van der Waals surface area (Å²) in [7, 11) is 0. The maximum atomic E-state index is 12.4. The first-order valence-corrected chi connectivity index (χ1v) is 9.71. The Kier molecular flexibility index (Phi) is 6.48. The van der Waals surface area contributed by atoms with Gasteiger partial charge in [0.15, 0.2) is 5.43 Å². The zero-order valence-corrected chi connectivity index (χ0v) is 16.4. The number of hydrogen-bond donors (Lipinski definition) is 2. The molecular formula is C23H26N2O3. The number of aromatic nitrogens is 1. The van der Waals surface area contributed by atoms with Crippen LogP contribution in [0.15, 0.2) is 53.3 Å². The van der Waals surface area contributed by atoms with Gasteiger partial charge in [-0.25, -0.2) is 4.79 Å². The molecular weight excluding hydrogens is 352 g/mol. The smallest absolute Gasteiger partial charge is 0.412 e. The van der Waals surface area contributed by atoms with Gasteiger partial charge in [0.25, 0.3) is 0 Å². The number of para-hydroxylation sites is 1. The van der Waals surface area contributed by atoms with Gasteiger partial charge in [-0.05, 0) is 49.6 Å². The number of hydrogen-bond acceptors (Lipinski definition) is 3. The fourth-order valence-corrected chi connectivity index (χ4v) is 3.16. The largest absolute Gasteiger partial charge is 0.443 e. The monoisotopic (exact) mass is 378 g/mol. The summed E-state index contributed by atoms with van der Waals surface area (Å²) >= 11 is 0. The van der Waals surface area contributed by atoms with Gasteiger partial charge in [-0.1, -0.05) is 44.0 Å². The summed E-state index contributed by atoms with van der Waals surface area (Å²) in [5.41, 5.74) is 3.79. The van der Waals surface area contributed by atoms with Gasteiger partial charge in [0.05, 0.1) is 5.69 Å². The van der Waals surface area contributed by atoms with Gasteiger partial charge < -0.3 is 9.72 Å². The second-order valence-corrected chi connectivity index (χ2v) is 6.96. The summed E-state index contributed by atoms with van der Waals surface area (Å²) in [6, 6.07) is 15.1. The van der Waals surface area contributed by atoms with Gasteiger partial charge in [-0.2, -0.15) is 0 Å². The van der Waals surface area contributed by atoms with Crippen LogP contribution in [-0.4, -0.2) is 11.1 Å². The molecule has 0 spiro atoms. The molecule has 146 valence electrons. The number of unbranched alkanes of at least 4 members (excludes halogenated alkanes) is 2. The number of nitrogens with one attached hydrogen (secondary N) is 2. The van der Waals surface area contributed by atoms with Crippen LogP contribution in [0.4, 0.5) is 10.5 Å². The van der Waals surface area contributed by atoms with E-state index in [1.54, 1.807) is 13.0 Å². The van der Waals surface area contributed by atoms with Crippen molar-refractivity contribution in [3.05, 3.63) is 75.6 Å². The van der Waals surface area contributed by atoms with E-state index in [1.165, 1.54) is 24.8 Å². The van der Waals surface area contributed by atoms with E-state index < -0.39 is 6.09 Å². The highest BCUT2D eigenvalue weighted by molar-refractivity contribution is 5.84. The highest BCUT2D eigenvalue weighted by atomic mass is 16.5. The topological polar surface area (TPSA) is 71.2 Å². The molecule has 3 rings (SSSR count). The number of ether oxygens (including phenoxy) is 1. The number of benzene rings is 2. The molecule has 0 saturated heterocycles. The Morgan fingerprint density at radius 3 is 2.57 bits per heavy atom. The zero-order valence-electron chi connectivity index (χ0n) is 16.4. The van der Waals surface area contributed by atoms with Crippen LogP contribution in [0.25, 0.3) is 10.9 Å². The van der Waals surface area contributed by atoms with Crippen molar-refractivity contribution in [3.8, 4) is 0 Å². The Bertz CT molecular complexity index is 1010. The van der Waals surface area contributed by atoms with E-state index in [4.69, 9.17) is 4.74 Å². The molecule has 28 heavy (non-hydrogen) atoms. The number of aryl methyl sites for hydroxylation is 1. The highest BCUT2D eigenvalue weighted by Gasteiger charge is 2.10. The van der Waals surface area contributed by atoms with Gasteiger partial charge in [-0.15, -0.1) is 0 Å². The van der Waals surface area contributed by atoms with E-state index in [0.29, 0.717) is 22.3 Å². The summed E-state index contributed by atoms with van der Waals surface area (Å²) in [5, 5.41) is 3.36. The van der Waals surface area contributed by atoms with Gasteiger partial charge in [-0.3, -0.25) is 10.1 Å². The molecule has 0 bridgehead atoms. The van der Waals surface area contributed by atoms with Crippen LogP contribution in [0, 0.1) is 6.92 Å². The van der Waals surface area contributed by atoms with E-state index in [2.05, 4.69) is 17.2 Å². The number of amides is 1. The molecule has 3 aromatic rings. The van der Waals surface area contributed by atoms with Crippen molar-refractivity contribution >= 4 is 22.7 Å². The third-order valence-electron chi connectivity index (χ3n) is 4.87. The van der Waals surface area contributed by atoms with Crippen molar-refractivity contribution < 1.29 is 9.53 Å². The quantitative estimate of drug-likeness (QED) is 0.547. The fraction of sp³-hybridized carbons (Fsp3) is 0.304. The number of rotatable bonds is 7. The summed E-state index contributed by atoms with van der Waals surface area (Å²) in [6.45, 7) is 3.93. The highest BCUT2D eigenvalue weighted by Crippen LogP contribution is 2.14. The Labute approximate surface area is 164 Å². The number of H-pyrrole nitrogens is 1. The third kappa shape index (κ3) is 4.80. The molecule has 0 saturated carbocycles. The average Bonchev–Trinajstić information content (AvgIpc) is 2.71. The molecule has 0 fully saturated rings. The zero-order chi connectivity index (χ0) is 19.9. The van der Waals surface area contributed by atoms with Crippen LogP contribution >= 0.6 is 0 Å². The lowest BCUT2D eigenvalue weighted by Gasteiger charge is -2.10. The molecule has 0 aliphatic rings. The Morgan fingerprint density at radius 1 is 1.07 bits per heavy atom. The van der Waals surface area contributed by atoms with Crippen LogP contribution in [0.2, 0.25) is 0 Å². The summed E-state index contributed by atoms with van der Waals surface area (Å²) < 4.78 is 5.31. The van der Waals surface area contributed by atoms with E-state index in [0.717, 1.165) is 11.9 Å². The first kappa shape index (κ1) is 19.7. The minimum absolute atomic E-state index is 0.00679. The molecule has 0 unspecified atom stereocenters. The number of pyridine rings is 1. The maximum absolute atomic E-state index is 12.4. The lowest BCUT2D eigenvalue weighted by Crippen LogP contribution is -2.17. The predicted octanol–water partition coefficient (Wildman–Crippen LogP) is 5.32. The van der Waals surface area contributed by atoms with Crippen molar-refractivity contribution in [2.75, 3.05) is 5.32 Å². The van der Waals surface area contributed by atoms with Gasteiger partial charge in [0, 0.05) is 22.2 Å². The van der Waals surface area contributed by atoms with E-state index >= 15 is 0 Å². The SMILES string of the molecule is CCCCCc1ccc(NC(=O)OCc2[nH]c3ccccc3c(=O)c2C)cc1. The second kappa shape index (κ2) is 9.22. The molecule has 1 aromatic heterocycles. The maximum Gasteiger partial charge on any atom is 0.412 e. The van der Waals surface area contributed by atoms with Crippen LogP contribution in [0.3, 0.4) is 0 Å². The third-order valence-corrected chi connectivity index (χ3v) is 4.87. The standard InChI is InChI=1S/C23H26N2O3/c1-3-4-5-8-17-11-13-18(14-12-17)24-23(27)28-15-21-16(2)22(26)19-9-6-7-10-20(19)25-21/h6-7,9-14H,3-5,8,15H2,1-2H3,(H,24,27)(H,25,26). The number of aromatic amines is 1. The van der Waals surface area contributed by atoms with Crippen LogP contribution < -0.4 is 10.7 Å². The summed E-state index contributed by atoms with van der Waals surface area (Å²) in [6.07, 6.45) is 4.10. The fourth-order valence-electron chi connectivity index (χ4n) is 3.16. The molecule has 5 heteroatoms. The molecule has 0 aliphatic heterocycles. The predicted molar refractivity (Wildman–Crippen MR) is 113 cm³/mol. The van der Waals surface area contributed by atoms with Crippen molar-refractivity contribution in [2.24, 2.45) is 0 Å². The van der Waals surface area contributed by atoms with Gasteiger partial charge >= 0.3 is 6.09 Å². The second-order valence-electron chi connectivity index (χ2n) is 6.96. The summed E-state index contributed by atoms with van der Waals surface area (Å²) in [4.78, 5) is 27.7. The Hall–Kier alpha value is -3.08. The molecule has 2 N–H and O–H groups in total. The van der Waals surface area contributed by atoms with E-state index in [1.807, 2.05) is 42.5 Å². The molecule has 2 aromatic carbocycles. The van der Waals surface area contributed by atoms with E-state index in [-0.39, 0.29) is 12.0 Å².